The zero-order valence-corrected chi connectivity index (χ0v) is 12.7. The molecule has 3 rings (SSSR count). The van der Waals surface area contributed by atoms with Crippen LogP contribution in [0, 0.1) is 5.92 Å². The largest absolute Gasteiger partial charge is 0.0689 e. The molecule has 0 spiro atoms. The van der Waals surface area contributed by atoms with E-state index in [1.54, 1.807) is 0 Å². The lowest BCUT2D eigenvalue weighted by molar-refractivity contribution is 1.04. The van der Waals surface area contributed by atoms with Gasteiger partial charge in [0.2, 0.25) is 0 Å². The van der Waals surface area contributed by atoms with Gasteiger partial charge in [-0.2, -0.15) is 0 Å². The van der Waals surface area contributed by atoms with E-state index < -0.39 is 0 Å². The van der Waals surface area contributed by atoms with Gasteiger partial charge in [-0.1, -0.05) is 61.4 Å². The van der Waals surface area contributed by atoms with Crippen molar-refractivity contribution in [2.24, 2.45) is 0 Å². The lowest BCUT2D eigenvalue weighted by Gasteiger charge is -2.29. The van der Waals surface area contributed by atoms with Crippen LogP contribution in [0.15, 0.2) is 69.9 Å². The number of hydrogen-bond donors (Lipinski definition) is 0. The fraction of sp³-hybridized carbons (Fsp3) is 0.316. The van der Waals surface area contributed by atoms with Crippen LogP contribution in [0.2, 0.25) is 0 Å². The fourth-order valence-electron chi connectivity index (χ4n) is 2.76. The van der Waals surface area contributed by atoms with Crippen molar-refractivity contribution in [1.82, 2.24) is 0 Å². The summed E-state index contributed by atoms with van der Waals surface area (Å²) in [6, 6.07) is 0. The Labute approximate surface area is 117 Å². The maximum atomic E-state index is 2.36. The third-order valence-electron chi connectivity index (χ3n) is 3.69. The number of hydrogen-bond acceptors (Lipinski definition) is 0. The molecular weight excluding hydrogens is 228 g/mol. The molecule has 0 amide bonds. The van der Waals surface area contributed by atoms with Gasteiger partial charge in [0.25, 0.3) is 0 Å². The normalized spacial score (nSPS) is 21.3. The average molecular weight is 251 g/mol. The molecule has 0 saturated heterocycles. The minimum atomic E-state index is 1.09. The molecule has 0 saturated carbocycles. The third-order valence-corrected chi connectivity index (χ3v) is 3.69. The molecule has 0 atom stereocenters. The van der Waals surface area contributed by atoms with Gasteiger partial charge in [-0.25, -0.2) is 0 Å². The second-order valence-electron chi connectivity index (χ2n) is 5.16. The quantitative estimate of drug-likeness (QED) is 0.523. The van der Waals surface area contributed by atoms with Crippen molar-refractivity contribution in [3.05, 3.63) is 75.8 Å². The summed E-state index contributed by atoms with van der Waals surface area (Å²) in [6.45, 7) is 10.6. The molecule has 3 aliphatic carbocycles. The summed E-state index contributed by atoms with van der Waals surface area (Å²) in [6.07, 6.45) is 14.7. The average Bonchev–Trinajstić information content (AvgIpc) is 2.40. The van der Waals surface area contributed by atoms with Crippen LogP contribution >= 0.6 is 0 Å². The molecule has 0 bridgehead atoms. The highest BCUT2D eigenvalue weighted by molar-refractivity contribution is 5.69. The lowest BCUT2D eigenvalue weighted by atomic mass is 9.75. The van der Waals surface area contributed by atoms with E-state index in [2.05, 4.69) is 57.2 Å². The van der Waals surface area contributed by atoms with Crippen molar-refractivity contribution in [2.75, 3.05) is 0 Å². The summed E-state index contributed by atoms with van der Waals surface area (Å²) < 4.78 is 0. The molecule has 0 nitrogen and oxygen atoms in total. The van der Waals surface area contributed by atoms with Gasteiger partial charge in [0.15, 0.2) is 0 Å². The van der Waals surface area contributed by atoms with Crippen LogP contribution in [0.25, 0.3) is 0 Å². The predicted octanol–water partition coefficient (Wildman–Crippen LogP) is 5.64. The van der Waals surface area contributed by atoms with E-state index in [9.17, 15) is 0 Å². The van der Waals surface area contributed by atoms with E-state index in [1.165, 1.54) is 39.4 Å². The van der Waals surface area contributed by atoms with Crippen LogP contribution < -0.4 is 0 Å². The highest BCUT2D eigenvalue weighted by atomic mass is 14.3. The Bertz CT molecular complexity index is 557. The van der Waals surface area contributed by atoms with Crippen molar-refractivity contribution in [3.63, 3.8) is 0 Å². The van der Waals surface area contributed by atoms with E-state index in [0.29, 0.717) is 0 Å². The Morgan fingerprint density at radius 1 is 0.895 bits per heavy atom. The van der Waals surface area contributed by atoms with E-state index in [1.807, 2.05) is 13.8 Å². The van der Waals surface area contributed by atoms with Gasteiger partial charge in [0, 0.05) is 5.92 Å². The smallest absolute Gasteiger partial charge is 0.0493 e. The Hall–Kier alpha value is -1.56. The third kappa shape index (κ3) is 2.58. The summed E-state index contributed by atoms with van der Waals surface area (Å²) >= 11 is 0. The predicted molar refractivity (Wildman–Crippen MR) is 84.7 cm³/mol. The van der Waals surface area contributed by atoms with Crippen molar-refractivity contribution in [1.29, 1.82) is 0 Å². The zero-order valence-electron chi connectivity index (χ0n) is 12.7. The SMILES string of the molecule is CC.CC1=C[C]2C=C3CC(C)=CC=C3C(C)=C2C=C1. The molecular formula is C19H23. The topological polar surface area (TPSA) is 0 Å². The molecule has 0 heterocycles. The summed E-state index contributed by atoms with van der Waals surface area (Å²) in [5.41, 5.74) is 8.49. The van der Waals surface area contributed by atoms with Gasteiger partial charge in [-0.3, -0.25) is 0 Å². The number of fused-ring (bicyclic) bond motifs is 2. The first-order chi connectivity index (χ1) is 9.15. The van der Waals surface area contributed by atoms with Crippen molar-refractivity contribution < 1.29 is 0 Å². The second-order valence-corrected chi connectivity index (χ2v) is 5.16. The molecule has 0 aromatic rings. The van der Waals surface area contributed by atoms with Crippen LogP contribution in [0.5, 0.6) is 0 Å². The Morgan fingerprint density at radius 2 is 1.63 bits per heavy atom. The molecule has 0 aromatic heterocycles. The van der Waals surface area contributed by atoms with Crippen molar-refractivity contribution >= 4 is 0 Å². The zero-order chi connectivity index (χ0) is 14.0. The molecule has 0 aliphatic heterocycles. The van der Waals surface area contributed by atoms with Gasteiger partial charge in [0.1, 0.15) is 0 Å². The Morgan fingerprint density at radius 3 is 2.37 bits per heavy atom. The van der Waals surface area contributed by atoms with E-state index in [4.69, 9.17) is 0 Å². The monoisotopic (exact) mass is 251 g/mol. The molecule has 0 N–H and O–H groups in total. The molecule has 0 heteroatoms. The maximum Gasteiger partial charge on any atom is 0.0493 e. The maximum absolute atomic E-state index is 2.36. The Balaban J connectivity index is 0.000000637. The first kappa shape index (κ1) is 13.9. The lowest BCUT2D eigenvalue weighted by Crippen LogP contribution is -2.11. The minimum absolute atomic E-state index is 1.09. The molecule has 99 valence electrons. The Kier molecular flexibility index (Phi) is 4.09. The van der Waals surface area contributed by atoms with Crippen molar-refractivity contribution in [3.8, 4) is 0 Å². The fourth-order valence-corrected chi connectivity index (χ4v) is 2.76. The summed E-state index contributed by atoms with van der Waals surface area (Å²) in [5.74, 6) is 1.38. The molecule has 0 unspecified atom stereocenters. The van der Waals surface area contributed by atoms with Gasteiger partial charge >= 0.3 is 0 Å². The molecule has 0 aromatic carbocycles. The molecule has 3 aliphatic rings. The van der Waals surface area contributed by atoms with Crippen LogP contribution in [-0.4, -0.2) is 0 Å². The van der Waals surface area contributed by atoms with Crippen LogP contribution in [-0.2, 0) is 0 Å². The van der Waals surface area contributed by atoms with E-state index in [0.717, 1.165) is 6.42 Å². The first-order valence-corrected chi connectivity index (χ1v) is 7.18. The highest BCUT2D eigenvalue weighted by Crippen LogP contribution is 2.41. The number of rotatable bonds is 0. The first-order valence-electron chi connectivity index (χ1n) is 7.18. The van der Waals surface area contributed by atoms with Crippen LogP contribution in [0.3, 0.4) is 0 Å². The van der Waals surface area contributed by atoms with Crippen molar-refractivity contribution in [2.45, 2.75) is 41.0 Å². The number of allylic oxidation sites excluding steroid dienone is 12. The van der Waals surface area contributed by atoms with Gasteiger partial charge in [0.05, 0.1) is 0 Å². The van der Waals surface area contributed by atoms with Gasteiger partial charge in [-0.15, -0.1) is 0 Å². The standard InChI is InChI=1S/C17H17.C2H6/c1-11-4-6-16-13(3)17-7-5-12(2)9-15(17)10-14(16)8-11;1-2/h4-8,10H,9H2,1-3H3;1-2H3. The summed E-state index contributed by atoms with van der Waals surface area (Å²) in [5, 5.41) is 0. The summed E-state index contributed by atoms with van der Waals surface area (Å²) in [7, 11) is 0. The minimum Gasteiger partial charge on any atom is -0.0689 e. The second kappa shape index (κ2) is 5.61. The highest BCUT2D eigenvalue weighted by Gasteiger charge is 2.24. The van der Waals surface area contributed by atoms with E-state index in [-0.39, 0.29) is 0 Å². The van der Waals surface area contributed by atoms with Gasteiger partial charge in [-0.05, 0) is 49.5 Å². The molecule has 1 radical (unpaired) electrons. The van der Waals surface area contributed by atoms with Crippen LogP contribution in [0.1, 0.15) is 41.0 Å². The van der Waals surface area contributed by atoms with E-state index >= 15 is 0 Å². The van der Waals surface area contributed by atoms with Crippen LogP contribution in [0.4, 0.5) is 0 Å². The van der Waals surface area contributed by atoms with Gasteiger partial charge < -0.3 is 0 Å². The molecule has 19 heavy (non-hydrogen) atoms. The summed E-state index contributed by atoms with van der Waals surface area (Å²) in [4.78, 5) is 0. The molecule has 0 fully saturated rings.